The van der Waals surface area contributed by atoms with Crippen molar-refractivity contribution in [3.8, 4) is 0 Å². The largest absolute Gasteiger partial charge is 0.385 e. The van der Waals surface area contributed by atoms with Crippen molar-refractivity contribution < 1.29 is 19.5 Å². The van der Waals surface area contributed by atoms with Crippen LogP contribution in [0.1, 0.15) is 77.8 Å². The fourth-order valence-corrected chi connectivity index (χ4v) is 8.15. The van der Waals surface area contributed by atoms with Crippen molar-refractivity contribution in [1.82, 2.24) is 10.3 Å². The van der Waals surface area contributed by atoms with E-state index in [4.69, 9.17) is 4.84 Å². The number of amides is 1. The van der Waals surface area contributed by atoms with Crippen molar-refractivity contribution in [2.45, 2.75) is 84.3 Å². The summed E-state index contributed by atoms with van der Waals surface area (Å²) in [5.41, 5.74) is 1.82. The molecule has 1 heterocycles. The van der Waals surface area contributed by atoms with Crippen molar-refractivity contribution in [2.75, 3.05) is 6.61 Å². The molecule has 3 saturated carbocycles. The number of hydrogen-bond acceptors (Lipinski definition) is 6. The van der Waals surface area contributed by atoms with Crippen LogP contribution in [0.2, 0.25) is 0 Å². The van der Waals surface area contributed by atoms with Gasteiger partial charge in [0, 0.05) is 11.6 Å². The first kappa shape index (κ1) is 25.1. The molecule has 7 heteroatoms. The number of nitrogens with one attached hydrogen (secondary N) is 1. The molecule has 7 nitrogen and oxygen atoms in total. The molecule has 5 rings (SSSR count). The number of oxime groups is 1. The van der Waals surface area contributed by atoms with E-state index in [1.54, 1.807) is 13.1 Å². The predicted molar refractivity (Wildman–Crippen MR) is 137 cm³/mol. The number of pyridine rings is 1. The molecule has 194 valence electrons. The third kappa shape index (κ3) is 4.09. The number of hydrogen-bond donors (Lipinski definition) is 2. The van der Waals surface area contributed by atoms with Gasteiger partial charge < -0.3 is 15.3 Å². The number of allylic oxidation sites excluding steroid dienone is 2. The number of aliphatic hydroxyl groups is 1. The van der Waals surface area contributed by atoms with Crippen LogP contribution in [0.25, 0.3) is 0 Å². The smallest absolute Gasteiger partial charge is 0.261 e. The fourth-order valence-electron chi connectivity index (χ4n) is 8.15. The van der Waals surface area contributed by atoms with Gasteiger partial charge in [-0.05, 0) is 99.7 Å². The van der Waals surface area contributed by atoms with Gasteiger partial charge in [-0.25, -0.2) is 0 Å². The SMILES string of the molecule is CC(=O)[C@@]1(O)CCC2C3CCC4=CC(=NOCC(=O)NCc5ccccn5)CC[C@]4(C)C3CC[C@@]21C. The number of ketones is 1. The van der Waals surface area contributed by atoms with Gasteiger partial charge in [0.25, 0.3) is 5.91 Å². The summed E-state index contributed by atoms with van der Waals surface area (Å²) in [6, 6.07) is 5.60. The van der Waals surface area contributed by atoms with Gasteiger partial charge in [0.1, 0.15) is 5.60 Å². The first-order chi connectivity index (χ1) is 17.2. The second kappa shape index (κ2) is 9.40. The number of aromatic nitrogens is 1. The number of carbonyl (C=O) groups excluding carboxylic acids is 2. The van der Waals surface area contributed by atoms with Crippen LogP contribution >= 0.6 is 0 Å². The van der Waals surface area contributed by atoms with Gasteiger partial charge in [0.2, 0.25) is 0 Å². The van der Waals surface area contributed by atoms with Crippen molar-refractivity contribution in [1.29, 1.82) is 0 Å². The molecule has 1 aromatic heterocycles. The highest BCUT2D eigenvalue weighted by molar-refractivity contribution is 5.96. The van der Waals surface area contributed by atoms with Gasteiger partial charge in [-0.1, -0.05) is 30.6 Å². The summed E-state index contributed by atoms with van der Waals surface area (Å²) in [6.07, 6.45) is 11.4. The Labute approximate surface area is 213 Å². The zero-order valence-corrected chi connectivity index (χ0v) is 21.8. The molecule has 0 aromatic carbocycles. The van der Waals surface area contributed by atoms with Crippen LogP contribution in [-0.4, -0.2) is 39.7 Å². The van der Waals surface area contributed by atoms with Crippen LogP contribution in [-0.2, 0) is 21.0 Å². The molecule has 4 aliphatic rings. The number of fused-ring (bicyclic) bond motifs is 5. The lowest BCUT2D eigenvalue weighted by atomic mass is 9.46. The fraction of sp³-hybridized carbons (Fsp3) is 0.655. The first-order valence-electron chi connectivity index (χ1n) is 13.5. The van der Waals surface area contributed by atoms with Crippen LogP contribution in [0, 0.1) is 28.6 Å². The van der Waals surface area contributed by atoms with Crippen LogP contribution in [0.15, 0.2) is 41.2 Å². The standard InChI is InChI=1S/C29H39N3O4/c1-19(33)29(35)14-11-25-23-8-7-20-16-21(9-12-27(20,2)24(23)10-13-28(25,29)3)32-36-18-26(34)31-17-22-6-4-5-15-30-22/h4-6,15-16,23-25,35H,7-14,17-18H2,1-3H3,(H,31,34)/t23?,24?,25?,27-,28-,29-/m0/s1. The molecule has 3 fully saturated rings. The minimum Gasteiger partial charge on any atom is -0.385 e. The number of rotatable bonds is 6. The molecular formula is C29H39N3O4. The van der Waals surface area contributed by atoms with Crippen molar-refractivity contribution >= 4 is 17.4 Å². The van der Waals surface area contributed by atoms with Crippen LogP contribution in [0.5, 0.6) is 0 Å². The van der Waals surface area contributed by atoms with Crippen LogP contribution in [0.3, 0.4) is 0 Å². The Morgan fingerprint density at radius 3 is 2.69 bits per heavy atom. The minimum absolute atomic E-state index is 0.0579. The van der Waals surface area contributed by atoms with E-state index < -0.39 is 5.60 Å². The summed E-state index contributed by atoms with van der Waals surface area (Å²) in [5.74, 6) is 1.26. The molecule has 2 N–H and O–H groups in total. The Morgan fingerprint density at radius 1 is 1.14 bits per heavy atom. The summed E-state index contributed by atoms with van der Waals surface area (Å²) in [6.45, 7) is 6.41. The first-order valence-corrected chi connectivity index (χ1v) is 13.5. The third-order valence-corrected chi connectivity index (χ3v) is 10.3. The number of carbonyl (C=O) groups is 2. The summed E-state index contributed by atoms with van der Waals surface area (Å²) in [5, 5.41) is 18.4. The van der Waals surface area contributed by atoms with Gasteiger partial charge >= 0.3 is 0 Å². The van der Waals surface area contributed by atoms with Gasteiger partial charge in [0.05, 0.1) is 18.0 Å². The summed E-state index contributed by atoms with van der Waals surface area (Å²) in [4.78, 5) is 34.1. The lowest BCUT2D eigenvalue weighted by molar-refractivity contribution is -0.159. The summed E-state index contributed by atoms with van der Waals surface area (Å²) >= 11 is 0. The second-order valence-electron chi connectivity index (χ2n) is 11.9. The quantitative estimate of drug-likeness (QED) is 0.574. The number of Topliss-reactive ketones (excluding diaryl/α,β-unsaturated/α-hetero) is 1. The average molecular weight is 494 g/mol. The molecule has 1 amide bonds. The molecular weight excluding hydrogens is 454 g/mol. The lowest BCUT2D eigenvalue weighted by Crippen LogP contribution is -2.57. The van der Waals surface area contributed by atoms with E-state index in [1.807, 2.05) is 18.2 Å². The van der Waals surface area contributed by atoms with E-state index in [-0.39, 0.29) is 29.1 Å². The lowest BCUT2D eigenvalue weighted by Gasteiger charge is -2.59. The molecule has 0 saturated heterocycles. The highest BCUT2D eigenvalue weighted by Crippen LogP contribution is 2.67. The Morgan fingerprint density at radius 2 is 1.94 bits per heavy atom. The molecule has 0 bridgehead atoms. The highest BCUT2D eigenvalue weighted by Gasteiger charge is 2.65. The highest BCUT2D eigenvalue weighted by atomic mass is 16.6. The molecule has 4 aliphatic carbocycles. The Balaban J connectivity index is 1.22. The zero-order chi connectivity index (χ0) is 25.6. The van der Waals surface area contributed by atoms with E-state index in [0.29, 0.717) is 30.7 Å². The predicted octanol–water partition coefficient (Wildman–Crippen LogP) is 4.35. The van der Waals surface area contributed by atoms with Crippen LogP contribution in [0.4, 0.5) is 0 Å². The molecule has 6 atom stereocenters. The maximum atomic E-state index is 12.4. The van der Waals surface area contributed by atoms with Crippen molar-refractivity contribution in [3.63, 3.8) is 0 Å². The van der Waals surface area contributed by atoms with Gasteiger partial charge in [-0.3, -0.25) is 14.6 Å². The maximum absolute atomic E-state index is 12.4. The average Bonchev–Trinajstić information content (AvgIpc) is 3.15. The monoisotopic (exact) mass is 493 g/mol. The molecule has 0 spiro atoms. The molecule has 3 unspecified atom stereocenters. The normalized spacial score (nSPS) is 38.4. The maximum Gasteiger partial charge on any atom is 0.261 e. The molecule has 36 heavy (non-hydrogen) atoms. The van der Waals surface area contributed by atoms with Crippen molar-refractivity contribution in [3.05, 3.63) is 41.7 Å². The molecule has 0 radical (unpaired) electrons. The Hall–Kier alpha value is -2.54. The Bertz CT molecular complexity index is 1090. The minimum atomic E-state index is -1.16. The van der Waals surface area contributed by atoms with Gasteiger partial charge in [-0.15, -0.1) is 0 Å². The van der Waals surface area contributed by atoms with E-state index >= 15 is 0 Å². The van der Waals surface area contributed by atoms with Gasteiger partial charge in [0.15, 0.2) is 12.4 Å². The van der Waals surface area contributed by atoms with Gasteiger partial charge in [-0.2, -0.15) is 0 Å². The topological polar surface area (TPSA) is 101 Å². The molecule has 1 aromatic rings. The van der Waals surface area contributed by atoms with E-state index in [9.17, 15) is 14.7 Å². The molecule has 0 aliphatic heterocycles. The summed E-state index contributed by atoms with van der Waals surface area (Å²) < 4.78 is 0. The second-order valence-corrected chi connectivity index (χ2v) is 11.9. The van der Waals surface area contributed by atoms with E-state index in [1.165, 1.54) is 5.57 Å². The third-order valence-electron chi connectivity index (χ3n) is 10.3. The summed E-state index contributed by atoms with van der Waals surface area (Å²) in [7, 11) is 0. The van der Waals surface area contributed by atoms with E-state index in [0.717, 1.165) is 56.4 Å². The number of nitrogens with zero attached hydrogens (tertiary/aromatic N) is 2. The Kier molecular flexibility index (Phi) is 6.56. The van der Waals surface area contributed by atoms with Crippen LogP contribution < -0.4 is 5.32 Å². The zero-order valence-electron chi connectivity index (χ0n) is 21.8. The van der Waals surface area contributed by atoms with Crippen molar-refractivity contribution in [2.24, 2.45) is 33.7 Å². The van der Waals surface area contributed by atoms with E-state index in [2.05, 4.69) is 35.4 Å².